The van der Waals surface area contributed by atoms with Gasteiger partial charge in [-0.3, -0.25) is 0 Å². The highest BCUT2D eigenvalue weighted by Crippen LogP contribution is 2.13. The molecule has 0 bridgehead atoms. The summed E-state index contributed by atoms with van der Waals surface area (Å²) in [5, 5.41) is 10.9. The number of hydrogen-bond acceptors (Lipinski definition) is 3. The Morgan fingerprint density at radius 3 is 2.89 bits per heavy atom. The Bertz CT molecular complexity index is 572. The second-order valence-electron chi connectivity index (χ2n) is 4.49. The van der Waals surface area contributed by atoms with Gasteiger partial charge in [-0.25, -0.2) is 4.39 Å². The molecule has 2 aromatic rings. The normalized spacial score (nSPS) is 10.6. The SMILES string of the molecule is CN(CCc1cccs1)Cc1ccc(F)c(C#N)c1. The van der Waals surface area contributed by atoms with Crippen LogP contribution in [-0.2, 0) is 13.0 Å². The zero-order valence-electron chi connectivity index (χ0n) is 10.8. The van der Waals surface area contributed by atoms with Crippen molar-refractivity contribution in [2.45, 2.75) is 13.0 Å². The van der Waals surface area contributed by atoms with Crippen LogP contribution in [0.25, 0.3) is 0 Å². The Morgan fingerprint density at radius 1 is 1.37 bits per heavy atom. The number of rotatable bonds is 5. The first kappa shape index (κ1) is 13.7. The largest absolute Gasteiger partial charge is 0.302 e. The van der Waals surface area contributed by atoms with Gasteiger partial charge in [0, 0.05) is 18.0 Å². The molecule has 0 unspecified atom stereocenters. The van der Waals surface area contributed by atoms with Gasteiger partial charge in [0.15, 0.2) is 0 Å². The van der Waals surface area contributed by atoms with Crippen LogP contribution in [-0.4, -0.2) is 18.5 Å². The van der Waals surface area contributed by atoms with E-state index in [1.807, 2.05) is 13.1 Å². The van der Waals surface area contributed by atoms with E-state index in [0.717, 1.165) is 25.1 Å². The Hall–Kier alpha value is -1.70. The second-order valence-corrected chi connectivity index (χ2v) is 5.53. The van der Waals surface area contributed by atoms with Crippen LogP contribution in [0.4, 0.5) is 4.39 Å². The quantitative estimate of drug-likeness (QED) is 0.835. The minimum absolute atomic E-state index is 0.115. The first-order chi connectivity index (χ1) is 9.19. The van der Waals surface area contributed by atoms with E-state index in [9.17, 15) is 4.39 Å². The van der Waals surface area contributed by atoms with Gasteiger partial charge in [-0.2, -0.15) is 5.26 Å². The van der Waals surface area contributed by atoms with Crippen LogP contribution >= 0.6 is 11.3 Å². The summed E-state index contributed by atoms with van der Waals surface area (Å²) in [6.07, 6.45) is 1.01. The van der Waals surface area contributed by atoms with Gasteiger partial charge in [0.2, 0.25) is 0 Å². The summed E-state index contributed by atoms with van der Waals surface area (Å²) in [5.41, 5.74) is 1.08. The van der Waals surface area contributed by atoms with Gasteiger partial charge in [-0.15, -0.1) is 11.3 Å². The number of likely N-dealkylation sites (N-methyl/N-ethyl adjacent to an activating group) is 1. The van der Waals surface area contributed by atoms with Crippen molar-refractivity contribution in [3.63, 3.8) is 0 Å². The molecule has 1 aromatic carbocycles. The number of nitrogens with zero attached hydrogens (tertiary/aromatic N) is 2. The molecule has 0 saturated carbocycles. The molecule has 0 N–H and O–H groups in total. The van der Waals surface area contributed by atoms with Gasteiger partial charge in [-0.1, -0.05) is 12.1 Å². The minimum Gasteiger partial charge on any atom is -0.302 e. The maximum Gasteiger partial charge on any atom is 0.140 e. The summed E-state index contributed by atoms with van der Waals surface area (Å²) in [4.78, 5) is 3.54. The number of benzene rings is 1. The van der Waals surface area contributed by atoms with Crippen molar-refractivity contribution < 1.29 is 4.39 Å². The third-order valence-corrected chi connectivity index (χ3v) is 3.86. The molecule has 0 fully saturated rings. The van der Waals surface area contributed by atoms with Gasteiger partial charge in [0.1, 0.15) is 11.9 Å². The van der Waals surface area contributed by atoms with Crippen LogP contribution < -0.4 is 0 Å². The molecule has 2 nitrogen and oxygen atoms in total. The van der Waals surface area contributed by atoms with E-state index in [4.69, 9.17) is 5.26 Å². The molecule has 0 aliphatic rings. The molecule has 1 heterocycles. The van der Waals surface area contributed by atoms with E-state index in [1.54, 1.807) is 23.5 Å². The first-order valence-electron chi connectivity index (χ1n) is 6.08. The average Bonchev–Trinajstić information content (AvgIpc) is 2.92. The zero-order valence-corrected chi connectivity index (χ0v) is 11.6. The molecule has 0 atom stereocenters. The maximum atomic E-state index is 13.2. The molecule has 0 radical (unpaired) electrons. The van der Waals surface area contributed by atoms with E-state index in [0.29, 0.717) is 0 Å². The van der Waals surface area contributed by atoms with Crippen LogP contribution in [0.5, 0.6) is 0 Å². The summed E-state index contributed by atoms with van der Waals surface area (Å²) in [5.74, 6) is -0.451. The van der Waals surface area contributed by atoms with Crippen molar-refractivity contribution in [2.24, 2.45) is 0 Å². The summed E-state index contributed by atoms with van der Waals surface area (Å²) in [6, 6.07) is 10.8. The van der Waals surface area contributed by atoms with Crippen LogP contribution in [0.2, 0.25) is 0 Å². The molecule has 4 heteroatoms. The summed E-state index contributed by atoms with van der Waals surface area (Å²) < 4.78 is 13.2. The lowest BCUT2D eigenvalue weighted by atomic mass is 10.1. The maximum absolute atomic E-state index is 13.2. The molecular formula is C15H15FN2S. The van der Waals surface area contributed by atoms with Gasteiger partial charge >= 0.3 is 0 Å². The molecule has 2 rings (SSSR count). The average molecular weight is 274 g/mol. The van der Waals surface area contributed by atoms with Gasteiger partial charge in [0.25, 0.3) is 0 Å². The highest BCUT2D eigenvalue weighted by atomic mass is 32.1. The molecule has 0 amide bonds. The fourth-order valence-electron chi connectivity index (χ4n) is 1.90. The van der Waals surface area contributed by atoms with Crippen molar-refractivity contribution in [2.75, 3.05) is 13.6 Å². The number of halogens is 1. The van der Waals surface area contributed by atoms with Crippen molar-refractivity contribution >= 4 is 11.3 Å². The zero-order chi connectivity index (χ0) is 13.7. The Labute approximate surface area is 116 Å². The monoisotopic (exact) mass is 274 g/mol. The van der Waals surface area contributed by atoms with Crippen molar-refractivity contribution in [3.05, 3.63) is 57.5 Å². The predicted molar refractivity (Wildman–Crippen MR) is 75.5 cm³/mol. The van der Waals surface area contributed by atoms with Gasteiger partial charge < -0.3 is 4.90 Å². The summed E-state index contributed by atoms with van der Waals surface area (Å²) in [6.45, 7) is 1.67. The van der Waals surface area contributed by atoms with E-state index >= 15 is 0 Å². The molecule has 1 aromatic heterocycles. The van der Waals surface area contributed by atoms with Crippen LogP contribution in [0.1, 0.15) is 16.0 Å². The summed E-state index contributed by atoms with van der Waals surface area (Å²) in [7, 11) is 2.03. The molecule has 0 aliphatic carbocycles. The molecular weight excluding hydrogens is 259 g/mol. The highest BCUT2D eigenvalue weighted by Gasteiger charge is 2.05. The van der Waals surface area contributed by atoms with Crippen molar-refractivity contribution in [1.82, 2.24) is 4.90 Å². The standard InChI is InChI=1S/C15H15FN2S/c1-18(7-6-14-3-2-8-19-14)11-12-4-5-15(16)13(9-12)10-17/h2-5,8-9H,6-7,11H2,1H3. The number of nitriles is 1. The second kappa shape index (κ2) is 6.46. The minimum atomic E-state index is -0.451. The fraction of sp³-hybridized carbons (Fsp3) is 0.267. The highest BCUT2D eigenvalue weighted by molar-refractivity contribution is 7.09. The first-order valence-corrected chi connectivity index (χ1v) is 6.96. The lowest BCUT2D eigenvalue weighted by Crippen LogP contribution is -2.20. The lowest BCUT2D eigenvalue weighted by Gasteiger charge is -2.16. The van der Waals surface area contributed by atoms with Crippen LogP contribution in [0.15, 0.2) is 35.7 Å². The Balaban J connectivity index is 1.91. The van der Waals surface area contributed by atoms with E-state index in [1.165, 1.54) is 10.9 Å². The van der Waals surface area contributed by atoms with Crippen LogP contribution in [0.3, 0.4) is 0 Å². The molecule has 0 spiro atoms. The van der Waals surface area contributed by atoms with Gasteiger partial charge in [-0.05, 0) is 42.6 Å². The molecule has 98 valence electrons. The summed E-state index contributed by atoms with van der Waals surface area (Å²) >= 11 is 1.76. The molecule has 0 aliphatic heterocycles. The number of thiophene rings is 1. The molecule has 19 heavy (non-hydrogen) atoms. The fourth-order valence-corrected chi connectivity index (χ4v) is 2.60. The third-order valence-electron chi connectivity index (χ3n) is 2.92. The Kier molecular flexibility index (Phi) is 4.67. The third kappa shape index (κ3) is 3.88. The molecule has 0 saturated heterocycles. The van der Waals surface area contributed by atoms with Crippen LogP contribution in [0, 0.1) is 17.1 Å². The topological polar surface area (TPSA) is 27.0 Å². The lowest BCUT2D eigenvalue weighted by molar-refractivity contribution is 0.332. The Morgan fingerprint density at radius 2 is 2.21 bits per heavy atom. The number of hydrogen-bond donors (Lipinski definition) is 0. The van der Waals surface area contributed by atoms with E-state index in [-0.39, 0.29) is 5.56 Å². The van der Waals surface area contributed by atoms with Crippen molar-refractivity contribution in [3.8, 4) is 6.07 Å². The van der Waals surface area contributed by atoms with E-state index in [2.05, 4.69) is 22.4 Å². The van der Waals surface area contributed by atoms with E-state index < -0.39 is 5.82 Å². The van der Waals surface area contributed by atoms with Crippen molar-refractivity contribution in [1.29, 1.82) is 5.26 Å². The predicted octanol–water partition coefficient (Wildman–Crippen LogP) is 3.43. The van der Waals surface area contributed by atoms with Gasteiger partial charge in [0.05, 0.1) is 5.56 Å². The smallest absolute Gasteiger partial charge is 0.140 e.